The van der Waals surface area contributed by atoms with Gasteiger partial charge in [0.25, 0.3) is 0 Å². The maximum atomic E-state index is 14.0. The quantitative estimate of drug-likeness (QED) is 0.558. The lowest BCUT2D eigenvalue weighted by Crippen LogP contribution is -2.00. The molecule has 4 aromatic rings. The number of halogens is 1. The van der Waals surface area contributed by atoms with Crippen LogP contribution in [0.15, 0.2) is 60.9 Å². The predicted octanol–water partition coefficient (Wildman–Crippen LogP) is 4.21. The second kappa shape index (κ2) is 6.42. The second-order valence-corrected chi connectivity index (χ2v) is 6.09. The molecule has 0 unspecified atom stereocenters. The SMILES string of the molecule is [C-]#[N+]c1ccc(-c2cc(N)nn2-c2ccc(-c3cnn(C)c3)cc2)cc1F. The molecule has 2 heterocycles. The Bertz CT molecular complexity index is 1160. The molecule has 0 aliphatic heterocycles. The van der Waals surface area contributed by atoms with Gasteiger partial charge >= 0.3 is 0 Å². The first kappa shape index (κ1) is 16.5. The zero-order valence-electron chi connectivity index (χ0n) is 14.5. The first-order chi connectivity index (χ1) is 13.0. The summed E-state index contributed by atoms with van der Waals surface area (Å²) in [5, 5.41) is 8.51. The number of nitrogens with zero attached hydrogens (tertiary/aromatic N) is 5. The number of aromatic nitrogens is 4. The molecule has 0 radical (unpaired) electrons. The van der Waals surface area contributed by atoms with Crippen molar-refractivity contribution in [2.75, 3.05) is 5.73 Å². The van der Waals surface area contributed by atoms with E-state index in [0.29, 0.717) is 17.1 Å². The molecule has 0 amide bonds. The smallest absolute Gasteiger partial charge is 0.222 e. The molecule has 0 aliphatic carbocycles. The Labute approximate surface area is 155 Å². The molecule has 2 N–H and O–H groups in total. The van der Waals surface area contributed by atoms with Gasteiger partial charge in [0, 0.05) is 30.4 Å². The maximum absolute atomic E-state index is 14.0. The van der Waals surface area contributed by atoms with E-state index in [9.17, 15) is 4.39 Å². The highest BCUT2D eigenvalue weighted by Crippen LogP contribution is 2.29. The summed E-state index contributed by atoms with van der Waals surface area (Å²) >= 11 is 0. The minimum Gasteiger partial charge on any atom is -0.382 e. The highest BCUT2D eigenvalue weighted by molar-refractivity contribution is 5.69. The molecule has 0 atom stereocenters. The van der Waals surface area contributed by atoms with Crippen LogP contribution in [0, 0.1) is 12.4 Å². The van der Waals surface area contributed by atoms with Gasteiger partial charge in [0.2, 0.25) is 5.69 Å². The Kier molecular flexibility index (Phi) is 3.94. The van der Waals surface area contributed by atoms with E-state index in [0.717, 1.165) is 16.8 Å². The third-order valence-electron chi connectivity index (χ3n) is 4.24. The monoisotopic (exact) mass is 358 g/mol. The minimum absolute atomic E-state index is 0.0152. The van der Waals surface area contributed by atoms with Crippen LogP contribution < -0.4 is 5.73 Å². The van der Waals surface area contributed by atoms with Crippen LogP contribution in [0.5, 0.6) is 0 Å². The van der Waals surface area contributed by atoms with Gasteiger partial charge in [-0.3, -0.25) is 4.68 Å². The number of aryl methyl sites for hydroxylation is 1. The molecule has 0 saturated carbocycles. The number of nitrogen functional groups attached to an aromatic ring is 1. The van der Waals surface area contributed by atoms with Crippen LogP contribution in [-0.4, -0.2) is 19.6 Å². The Hall–Kier alpha value is -3.92. The van der Waals surface area contributed by atoms with Crippen LogP contribution in [0.25, 0.3) is 32.9 Å². The first-order valence-electron chi connectivity index (χ1n) is 8.17. The van der Waals surface area contributed by atoms with Gasteiger partial charge in [-0.05, 0) is 23.8 Å². The molecule has 7 heteroatoms. The number of benzene rings is 2. The van der Waals surface area contributed by atoms with Crippen molar-refractivity contribution >= 4 is 11.5 Å². The van der Waals surface area contributed by atoms with Crippen LogP contribution in [-0.2, 0) is 7.05 Å². The van der Waals surface area contributed by atoms with Crippen molar-refractivity contribution in [3.05, 3.63) is 78.2 Å². The van der Waals surface area contributed by atoms with E-state index in [1.165, 1.54) is 12.1 Å². The van der Waals surface area contributed by atoms with Crippen molar-refractivity contribution in [3.63, 3.8) is 0 Å². The summed E-state index contributed by atoms with van der Waals surface area (Å²) in [6.45, 7) is 6.97. The van der Waals surface area contributed by atoms with Gasteiger partial charge in [-0.25, -0.2) is 13.9 Å². The Morgan fingerprint density at radius 3 is 2.41 bits per heavy atom. The van der Waals surface area contributed by atoms with Crippen LogP contribution in [0.3, 0.4) is 0 Å². The number of rotatable bonds is 3. The number of nitrogens with two attached hydrogens (primary N) is 1. The Morgan fingerprint density at radius 2 is 1.78 bits per heavy atom. The van der Waals surface area contributed by atoms with Crippen LogP contribution in [0.4, 0.5) is 15.9 Å². The molecule has 4 rings (SSSR count). The molecule has 0 spiro atoms. The van der Waals surface area contributed by atoms with Crippen molar-refractivity contribution in [3.8, 4) is 28.1 Å². The number of hydrogen-bond donors (Lipinski definition) is 1. The van der Waals surface area contributed by atoms with Gasteiger partial charge in [0.15, 0.2) is 0 Å². The lowest BCUT2D eigenvalue weighted by molar-refractivity contribution is 0.634. The van der Waals surface area contributed by atoms with Gasteiger partial charge in [0.1, 0.15) is 11.6 Å². The lowest BCUT2D eigenvalue weighted by atomic mass is 10.1. The van der Waals surface area contributed by atoms with Crippen molar-refractivity contribution in [2.24, 2.45) is 7.05 Å². The number of anilines is 1. The standard InChI is InChI=1S/C20H15FN6/c1-23-18-8-5-14(9-17(18)21)19-10-20(22)25-27(19)16-6-3-13(4-7-16)15-11-24-26(2)12-15/h3-12H,2H3,(H2,22,25). The van der Waals surface area contributed by atoms with Crippen LogP contribution in [0.2, 0.25) is 0 Å². The predicted molar refractivity (Wildman–Crippen MR) is 102 cm³/mol. The van der Waals surface area contributed by atoms with Gasteiger partial charge in [-0.15, -0.1) is 0 Å². The largest absolute Gasteiger partial charge is 0.382 e. The number of hydrogen-bond acceptors (Lipinski definition) is 3. The summed E-state index contributed by atoms with van der Waals surface area (Å²) < 4.78 is 17.4. The third kappa shape index (κ3) is 3.04. The van der Waals surface area contributed by atoms with Crippen LogP contribution >= 0.6 is 0 Å². The van der Waals surface area contributed by atoms with Crippen LogP contribution in [0.1, 0.15) is 0 Å². The lowest BCUT2D eigenvalue weighted by Gasteiger charge is -2.09. The zero-order chi connectivity index (χ0) is 19.0. The first-order valence-corrected chi connectivity index (χ1v) is 8.17. The van der Waals surface area contributed by atoms with E-state index in [-0.39, 0.29) is 5.69 Å². The summed E-state index contributed by atoms with van der Waals surface area (Å²) in [4.78, 5) is 3.15. The molecule has 2 aromatic heterocycles. The van der Waals surface area contributed by atoms with E-state index in [2.05, 4.69) is 15.0 Å². The minimum atomic E-state index is -0.569. The summed E-state index contributed by atoms with van der Waals surface area (Å²) in [7, 11) is 1.87. The van der Waals surface area contributed by atoms with E-state index in [1.54, 1.807) is 27.7 Å². The van der Waals surface area contributed by atoms with Crippen molar-refractivity contribution in [1.82, 2.24) is 19.6 Å². The molecular formula is C20H15FN6. The van der Waals surface area contributed by atoms with Gasteiger partial charge in [0.05, 0.1) is 24.2 Å². The van der Waals surface area contributed by atoms with E-state index in [4.69, 9.17) is 12.3 Å². The molecule has 0 saturated heterocycles. The fourth-order valence-corrected chi connectivity index (χ4v) is 2.92. The van der Waals surface area contributed by atoms with E-state index in [1.807, 2.05) is 37.5 Å². The zero-order valence-corrected chi connectivity index (χ0v) is 14.5. The average molecular weight is 358 g/mol. The van der Waals surface area contributed by atoms with Crippen molar-refractivity contribution < 1.29 is 4.39 Å². The Balaban J connectivity index is 1.75. The molecule has 132 valence electrons. The van der Waals surface area contributed by atoms with E-state index >= 15 is 0 Å². The topological polar surface area (TPSA) is 66.0 Å². The molecular weight excluding hydrogens is 343 g/mol. The third-order valence-corrected chi connectivity index (χ3v) is 4.24. The molecule has 6 nitrogen and oxygen atoms in total. The van der Waals surface area contributed by atoms with E-state index < -0.39 is 5.82 Å². The highest BCUT2D eigenvalue weighted by Gasteiger charge is 2.13. The second-order valence-electron chi connectivity index (χ2n) is 6.09. The Morgan fingerprint density at radius 1 is 1.04 bits per heavy atom. The fraction of sp³-hybridized carbons (Fsp3) is 0.0500. The molecule has 27 heavy (non-hydrogen) atoms. The molecule has 0 bridgehead atoms. The summed E-state index contributed by atoms with van der Waals surface area (Å²) in [6.07, 6.45) is 3.74. The maximum Gasteiger partial charge on any atom is 0.222 e. The van der Waals surface area contributed by atoms with Gasteiger partial charge in [-0.1, -0.05) is 24.3 Å². The fourth-order valence-electron chi connectivity index (χ4n) is 2.92. The summed E-state index contributed by atoms with van der Waals surface area (Å²) in [6, 6.07) is 13.9. The molecule has 0 fully saturated rings. The van der Waals surface area contributed by atoms with Crippen molar-refractivity contribution in [2.45, 2.75) is 0 Å². The molecule has 0 aliphatic rings. The molecule has 2 aromatic carbocycles. The van der Waals surface area contributed by atoms with Gasteiger partial charge in [-0.2, -0.15) is 10.2 Å². The van der Waals surface area contributed by atoms with Gasteiger partial charge < -0.3 is 5.73 Å². The highest BCUT2D eigenvalue weighted by atomic mass is 19.1. The normalized spacial score (nSPS) is 10.7. The summed E-state index contributed by atoms with van der Waals surface area (Å²) in [5.41, 5.74) is 9.96. The average Bonchev–Trinajstić information content (AvgIpc) is 3.27. The van der Waals surface area contributed by atoms with Crippen molar-refractivity contribution in [1.29, 1.82) is 0 Å². The summed E-state index contributed by atoms with van der Waals surface area (Å²) in [5.74, 6) is -0.239.